The van der Waals surface area contributed by atoms with Gasteiger partial charge in [-0.3, -0.25) is 4.79 Å². The van der Waals surface area contributed by atoms with Gasteiger partial charge in [0, 0.05) is 17.3 Å². The van der Waals surface area contributed by atoms with Gasteiger partial charge in [0.2, 0.25) is 4.96 Å². The molecule has 8 nitrogen and oxygen atoms in total. The van der Waals surface area contributed by atoms with Crippen LogP contribution < -0.4 is 19.6 Å². The van der Waals surface area contributed by atoms with Crippen LogP contribution in [0.1, 0.15) is 30.8 Å². The molecule has 3 aromatic carbocycles. The number of hydrogen-bond acceptors (Lipinski definition) is 7. The normalized spacial score (nSPS) is 12.0. The van der Waals surface area contributed by atoms with Crippen LogP contribution in [0, 0.1) is 0 Å². The summed E-state index contributed by atoms with van der Waals surface area (Å²) < 4.78 is 15.0. The minimum absolute atomic E-state index is 0.0824. The van der Waals surface area contributed by atoms with Crippen molar-refractivity contribution in [3.8, 4) is 28.4 Å². The standard InChI is InChI=1S/C34H29N5O3S/c1-4-20-41-28-15-10-24(11-16-28)12-19-31-35-34-39(36-31)33(40)30(43-34)21-26-22-38(27-8-6-5-7-9-27)37-32(26)25-13-17-29(18-14-25)42-23(2)3/h4-19,21-23H,1,20H2,2-3H3/b19-12+,30-21-. The molecule has 0 unspecified atom stereocenters. The van der Waals surface area contributed by atoms with Crippen molar-refractivity contribution in [2.45, 2.75) is 20.0 Å². The number of nitrogens with zero attached hydrogens (tertiary/aromatic N) is 5. The number of aromatic nitrogens is 5. The van der Waals surface area contributed by atoms with E-state index in [4.69, 9.17) is 14.6 Å². The maximum Gasteiger partial charge on any atom is 0.291 e. The van der Waals surface area contributed by atoms with E-state index in [0.717, 1.165) is 39.6 Å². The van der Waals surface area contributed by atoms with E-state index in [1.54, 1.807) is 12.2 Å². The van der Waals surface area contributed by atoms with Gasteiger partial charge >= 0.3 is 0 Å². The van der Waals surface area contributed by atoms with Gasteiger partial charge in [-0.05, 0) is 80.1 Å². The van der Waals surface area contributed by atoms with Gasteiger partial charge in [0.15, 0.2) is 5.82 Å². The molecule has 0 N–H and O–H groups in total. The van der Waals surface area contributed by atoms with E-state index in [2.05, 4.69) is 16.7 Å². The third-order valence-electron chi connectivity index (χ3n) is 6.42. The van der Waals surface area contributed by atoms with Gasteiger partial charge < -0.3 is 9.47 Å². The third-order valence-corrected chi connectivity index (χ3v) is 7.38. The van der Waals surface area contributed by atoms with Crippen molar-refractivity contribution < 1.29 is 9.47 Å². The molecule has 0 radical (unpaired) electrons. The van der Waals surface area contributed by atoms with Gasteiger partial charge in [-0.25, -0.2) is 4.68 Å². The molecule has 0 fully saturated rings. The van der Waals surface area contributed by atoms with Crippen molar-refractivity contribution in [3.63, 3.8) is 0 Å². The van der Waals surface area contributed by atoms with Gasteiger partial charge in [-0.15, -0.1) is 5.10 Å². The van der Waals surface area contributed by atoms with E-state index >= 15 is 0 Å². The Balaban J connectivity index is 1.32. The Labute approximate surface area is 252 Å². The zero-order chi connectivity index (χ0) is 29.8. The maximum atomic E-state index is 13.4. The first-order valence-corrected chi connectivity index (χ1v) is 14.6. The maximum absolute atomic E-state index is 13.4. The van der Waals surface area contributed by atoms with Crippen LogP contribution in [0.5, 0.6) is 11.5 Å². The van der Waals surface area contributed by atoms with Crippen molar-refractivity contribution >= 4 is 34.5 Å². The molecule has 0 atom stereocenters. The van der Waals surface area contributed by atoms with E-state index in [0.29, 0.717) is 21.9 Å². The summed E-state index contributed by atoms with van der Waals surface area (Å²) in [6.45, 7) is 8.11. The Kier molecular flexibility index (Phi) is 7.97. The zero-order valence-electron chi connectivity index (χ0n) is 23.8. The molecule has 0 amide bonds. The second-order valence-corrected chi connectivity index (χ2v) is 11.0. The van der Waals surface area contributed by atoms with Crippen LogP contribution in [-0.2, 0) is 0 Å². The Bertz CT molecular complexity index is 2000. The number of ether oxygens (including phenoxy) is 2. The molecule has 3 aromatic heterocycles. The van der Waals surface area contributed by atoms with Crippen LogP contribution in [0.15, 0.2) is 103 Å². The Hall–Kier alpha value is -5.28. The molecular weight excluding hydrogens is 558 g/mol. The molecule has 6 rings (SSSR count). The van der Waals surface area contributed by atoms with E-state index in [-0.39, 0.29) is 11.7 Å². The Morgan fingerprint density at radius 2 is 1.67 bits per heavy atom. The number of benzene rings is 3. The molecule has 9 heteroatoms. The molecule has 0 saturated carbocycles. The van der Waals surface area contributed by atoms with E-state index in [1.807, 2.05) is 116 Å². The van der Waals surface area contributed by atoms with Crippen LogP contribution in [0.3, 0.4) is 0 Å². The molecule has 214 valence electrons. The van der Waals surface area contributed by atoms with Crippen LogP contribution in [0.25, 0.3) is 40.1 Å². The highest BCUT2D eigenvalue weighted by Crippen LogP contribution is 2.27. The molecule has 0 aliphatic heterocycles. The molecule has 0 bridgehead atoms. The van der Waals surface area contributed by atoms with Crippen molar-refractivity contribution in [1.29, 1.82) is 0 Å². The first-order chi connectivity index (χ1) is 21.0. The van der Waals surface area contributed by atoms with E-state index in [9.17, 15) is 4.79 Å². The molecule has 0 aliphatic carbocycles. The van der Waals surface area contributed by atoms with Crippen molar-refractivity contribution in [3.05, 3.63) is 130 Å². The Morgan fingerprint density at radius 1 is 0.930 bits per heavy atom. The van der Waals surface area contributed by atoms with Gasteiger partial charge in [-0.1, -0.05) is 60.4 Å². The quantitative estimate of drug-likeness (QED) is 0.181. The summed E-state index contributed by atoms with van der Waals surface area (Å²) in [5, 5.41) is 9.32. The van der Waals surface area contributed by atoms with Crippen LogP contribution >= 0.6 is 11.3 Å². The van der Waals surface area contributed by atoms with E-state index < -0.39 is 0 Å². The predicted octanol–water partition coefficient (Wildman–Crippen LogP) is 6.07. The molecule has 0 saturated heterocycles. The summed E-state index contributed by atoms with van der Waals surface area (Å²) in [5.74, 6) is 2.02. The summed E-state index contributed by atoms with van der Waals surface area (Å²) in [5.41, 5.74) is 4.13. The highest BCUT2D eigenvalue weighted by atomic mass is 32.1. The summed E-state index contributed by atoms with van der Waals surface area (Å²) in [6.07, 6.45) is 9.26. The van der Waals surface area contributed by atoms with Crippen molar-refractivity contribution in [2.24, 2.45) is 0 Å². The second-order valence-electron chi connectivity index (χ2n) is 9.99. The predicted molar refractivity (Wildman–Crippen MR) is 172 cm³/mol. The fourth-order valence-electron chi connectivity index (χ4n) is 4.46. The molecule has 0 aliphatic rings. The average Bonchev–Trinajstić information content (AvgIpc) is 3.71. The lowest BCUT2D eigenvalue weighted by molar-refractivity contribution is 0.242. The minimum Gasteiger partial charge on any atom is -0.491 e. The average molecular weight is 588 g/mol. The molecule has 43 heavy (non-hydrogen) atoms. The zero-order valence-corrected chi connectivity index (χ0v) is 24.6. The second kappa shape index (κ2) is 12.3. The lowest BCUT2D eigenvalue weighted by atomic mass is 10.1. The topological polar surface area (TPSA) is 83.5 Å². The van der Waals surface area contributed by atoms with Crippen molar-refractivity contribution in [1.82, 2.24) is 24.4 Å². The monoisotopic (exact) mass is 587 g/mol. The summed E-state index contributed by atoms with van der Waals surface area (Å²) >= 11 is 1.29. The SMILES string of the molecule is C=CCOc1ccc(/C=C/c2nc3s/c(=C\c4cn(-c5ccccc5)nc4-c4ccc(OC(C)C)cc4)c(=O)n3n2)cc1. The summed E-state index contributed by atoms with van der Waals surface area (Å²) in [4.78, 5) is 18.5. The molecule has 6 aromatic rings. The first kappa shape index (κ1) is 27.9. The fraction of sp³-hybridized carbons (Fsp3) is 0.118. The lowest BCUT2D eigenvalue weighted by Gasteiger charge is -2.09. The summed E-state index contributed by atoms with van der Waals surface area (Å²) in [7, 11) is 0. The summed E-state index contributed by atoms with van der Waals surface area (Å²) in [6, 6.07) is 25.4. The number of para-hydroxylation sites is 1. The smallest absolute Gasteiger partial charge is 0.291 e. The van der Waals surface area contributed by atoms with Gasteiger partial charge in [-0.2, -0.15) is 14.6 Å². The highest BCUT2D eigenvalue weighted by molar-refractivity contribution is 7.15. The number of thiazole rings is 1. The largest absolute Gasteiger partial charge is 0.491 e. The number of hydrogen-bond donors (Lipinski definition) is 0. The third kappa shape index (κ3) is 6.32. The number of rotatable bonds is 10. The van der Waals surface area contributed by atoms with Crippen LogP contribution in [0.2, 0.25) is 0 Å². The minimum atomic E-state index is -0.227. The van der Waals surface area contributed by atoms with Gasteiger partial charge in [0.25, 0.3) is 5.56 Å². The first-order valence-electron chi connectivity index (χ1n) is 13.8. The molecular formula is C34H29N5O3S. The Morgan fingerprint density at radius 3 is 2.37 bits per heavy atom. The van der Waals surface area contributed by atoms with Crippen molar-refractivity contribution in [2.75, 3.05) is 6.61 Å². The van der Waals surface area contributed by atoms with Crippen LogP contribution in [0.4, 0.5) is 0 Å². The fourth-order valence-corrected chi connectivity index (χ4v) is 5.36. The van der Waals surface area contributed by atoms with E-state index in [1.165, 1.54) is 15.9 Å². The molecule has 3 heterocycles. The number of fused-ring (bicyclic) bond motifs is 1. The van der Waals surface area contributed by atoms with Gasteiger partial charge in [0.05, 0.1) is 16.3 Å². The van der Waals surface area contributed by atoms with Gasteiger partial charge in [0.1, 0.15) is 23.8 Å². The molecule has 0 spiro atoms. The van der Waals surface area contributed by atoms with Crippen LogP contribution in [-0.4, -0.2) is 37.1 Å². The highest BCUT2D eigenvalue weighted by Gasteiger charge is 2.14. The lowest BCUT2D eigenvalue weighted by Crippen LogP contribution is -2.23.